The largest absolute Gasteiger partial charge is 0.330 e. The third-order valence-corrected chi connectivity index (χ3v) is 3.50. The van der Waals surface area contributed by atoms with Crippen LogP contribution in [0.15, 0.2) is 12.1 Å². The smallest absolute Gasteiger partial charge is 0.232 e. The number of anilines is 1. The third-order valence-electron chi connectivity index (χ3n) is 2.14. The van der Waals surface area contributed by atoms with Crippen LogP contribution in [-0.4, -0.2) is 20.7 Å². The Kier molecular flexibility index (Phi) is 4.97. The summed E-state index contributed by atoms with van der Waals surface area (Å²) >= 11 is 0. The molecule has 0 fully saturated rings. The van der Waals surface area contributed by atoms with E-state index in [2.05, 4.69) is 0 Å². The van der Waals surface area contributed by atoms with Crippen LogP contribution in [0.25, 0.3) is 0 Å². The lowest BCUT2D eigenvalue weighted by atomic mass is 10.3. The lowest BCUT2D eigenvalue weighted by molar-refractivity contribution is 0.496. The molecule has 3 N–H and O–H groups in total. The zero-order valence-corrected chi connectivity index (χ0v) is 10.2. The summed E-state index contributed by atoms with van der Waals surface area (Å²) in [5.74, 6) is -4.13. The number of rotatable bonds is 6. The molecule has 0 aromatic heterocycles. The second-order valence-electron chi connectivity index (χ2n) is 3.66. The Balaban J connectivity index is 2.81. The van der Waals surface area contributed by atoms with Crippen molar-refractivity contribution in [2.24, 2.45) is 5.73 Å². The van der Waals surface area contributed by atoms with Gasteiger partial charge >= 0.3 is 0 Å². The minimum Gasteiger partial charge on any atom is -0.330 e. The van der Waals surface area contributed by atoms with Crippen molar-refractivity contribution in [2.45, 2.75) is 12.8 Å². The van der Waals surface area contributed by atoms with Gasteiger partial charge in [0.25, 0.3) is 0 Å². The first-order valence-electron chi connectivity index (χ1n) is 5.21. The van der Waals surface area contributed by atoms with Gasteiger partial charge in [-0.1, -0.05) is 0 Å². The van der Waals surface area contributed by atoms with E-state index in [1.807, 2.05) is 4.72 Å². The number of nitrogens with two attached hydrogens (primary N) is 1. The van der Waals surface area contributed by atoms with Crippen molar-refractivity contribution >= 4 is 15.7 Å². The van der Waals surface area contributed by atoms with Gasteiger partial charge in [0.1, 0.15) is 5.82 Å². The maximum Gasteiger partial charge on any atom is 0.232 e. The molecule has 0 spiro atoms. The van der Waals surface area contributed by atoms with E-state index in [0.29, 0.717) is 25.5 Å². The minimum absolute atomic E-state index is 0.261. The van der Waals surface area contributed by atoms with Crippen LogP contribution >= 0.6 is 0 Å². The molecule has 0 heterocycles. The highest BCUT2D eigenvalue weighted by Crippen LogP contribution is 2.19. The fraction of sp³-hybridized carbons (Fsp3) is 0.400. The minimum atomic E-state index is -3.79. The molecule has 0 bridgehead atoms. The Bertz CT molecular complexity index is 520. The van der Waals surface area contributed by atoms with Crippen molar-refractivity contribution in [2.75, 3.05) is 17.0 Å². The summed E-state index contributed by atoms with van der Waals surface area (Å²) in [4.78, 5) is 0. The van der Waals surface area contributed by atoms with E-state index < -0.39 is 33.2 Å². The summed E-state index contributed by atoms with van der Waals surface area (Å²) in [6, 6.07) is 0.748. The maximum absolute atomic E-state index is 13.2. The Labute approximate surface area is 103 Å². The Morgan fingerprint density at radius 3 is 2.28 bits per heavy atom. The van der Waals surface area contributed by atoms with Gasteiger partial charge in [-0.15, -0.1) is 0 Å². The van der Waals surface area contributed by atoms with E-state index in [-0.39, 0.29) is 11.8 Å². The number of halogens is 3. The molecule has 1 aromatic carbocycles. The lowest BCUT2D eigenvalue weighted by Crippen LogP contribution is -2.18. The average Bonchev–Trinajstić information content (AvgIpc) is 2.26. The van der Waals surface area contributed by atoms with Crippen molar-refractivity contribution < 1.29 is 21.6 Å². The van der Waals surface area contributed by atoms with Gasteiger partial charge in [0.2, 0.25) is 10.0 Å². The fourth-order valence-corrected chi connectivity index (χ4v) is 2.43. The molecule has 18 heavy (non-hydrogen) atoms. The fourth-order valence-electron chi connectivity index (χ4n) is 1.26. The molecule has 0 radical (unpaired) electrons. The standard InChI is InChI=1S/C10H13F3N2O2S/c11-7-5-9(13)10(6-8(7)12)15-18(16,17)4-2-1-3-14/h5-6,15H,1-4,14H2. The molecule has 0 unspecified atom stereocenters. The summed E-state index contributed by atoms with van der Waals surface area (Å²) in [6.45, 7) is 0.342. The summed E-state index contributed by atoms with van der Waals surface area (Å²) in [5.41, 5.74) is 4.59. The number of sulfonamides is 1. The Morgan fingerprint density at radius 1 is 1.06 bits per heavy atom. The van der Waals surface area contributed by atoms with Crippen molar-refractivity contribution in [1.82, 2.24) is 0 Å². The van der Waals surface area contributed by atoms with E-state index in [4.69, 9.17) is 5.73 Å². The van der Waals surface area contributed by atoms with Gasteiger partial charge in [-0.25, -0.2) is 21.6 Å². The van der Waals surface area contributed by atoms with Crippen LogP contribution in [0.3, 0.4) is 0 Å². The van der Waals surface area contributed by atoms with Crippen molar-refractivity contribution in [3.8, 4) is 0 Å². The highest BCUT2D eigenvalue weighted by molar-refractivity contribution is 7.92. The van der Waals surface area contributed by atoms with E-state index >= 15 is 0 Å². The first-order valence-corrected chi connectivity index (χ1v) is 6.86. The summed E-state index contributed by atoms with van der Waals surface area (Å²) < 4.78 is 63.5. The molecular weight excluding hydrogens is 269 g/mol. The van der Waals surface area contributed by atoms with Crippen LogP contribution in [-0.2, 0) is 10.0 Å². The Hall–Kier alpha value is -1.28. The molecule has 102 valence electrons. The quantitative estimate of drug-likeness (QED) is 0.614. The van der Waals surface area contributed by atoms with Gasteiger partial charge < -0.3 is 5.73 Å². The van der Waals surface area contributed by atoms with Crippen LogP contribution in [0, 0.1) is 17.5 Å². The normalized spacial score (nSPS) is 11.6. The summed E-state index contributed by atoms with van der Waals surface area (Å²) in [6.07, 6.45) is 0.804. The van der Waals surface area contributed by atoms with Crippen molar-refractivity contribution in [3.63, 3.8) is 0 Å². The van der Waals surface area contributed by atoms with Gasteiger partial charge in [-0.05, 0) is 19.4 Å². The van der Waals surface area contributed by atoms with E-state index in [9.17, 15) is 21.6 Å². The van der Waals surface area contributed by atoms with Gasteiger partial charge in [0.05, 0.1) is 11.4 Å². The highest BCUT2D eigenvalue weighted by atomic mass is 32.2. The predicted molar refractivity (Wildman–Crippen MR) is 62.0 cm³/mol. The average molecular weight is 282 g/mol. The molecule has 0 aliphatic carbocycles. The van der Waals surface area contributed by atoms with Crippen LogP contribution < -0.4 is 10.5 Å². The van der Waals surface area contributed by atoms with Crippen molar-refractivity contribution in [3.05, 3.63) is 29.6 Å². The molecule has 0 aliphatic heterocycles. The number of hydrogen-bond donors (Lipinski definition) is 2. The molecule has 0 amide bonds. The van der Waals surface area contributed by atoms with Gasteiger partial charge in [0.15, 0.2) is 11.6 Å². The topological polar surface area (TPSA) is 72.2 Å². The number of hydrogen-bond acceptors (Lipinski definition) is 3. The van der Waals surface area contributed by atoms with Crippen LogP contribution in [0.2, 0.25) is 0 Å². The zero-order valence-electron chi connectivity index (χ0n) is 9.42. The molecule has 8 heteroatoms. The van der Waals surface area contributed by atoms with Crippen LogP contribution in [0.1, 0.15) is 12.8 Å². The van der Waals surface area contributed by atoms with Gasteiger partial charge in [0, 0.05) is 12.1 Å². The second kappa shape index (κ2) is 6.05. The first-order chi connectivity index (χ1) is 8.35. The van der Waals surface area contributed by atoms with E-state index in [0.717, 1.165) is 0 Å². The number of unbranched alkanes of at least 4 members (excludes halogenated alkanes) is 1. The Morgan fingerprint density at radius 2 is 1.67 bits per heavy atom. The molecule has 4 nitrogen and oxygen atoms in total. The van der Waals surface area contributed by atoms with Crippen LogP contribution in [0.5, 0.6) is 0 Å². The first kappa shape index (κ1) is 14.8. The molecular formula is C10H13F3N2O2S. The molecule has 0 atom stereocenters. The van der Waals surface area contributed by atoms with Crippen LogP contribution in [0.4, 0.5) is 18.9 Å². The van der Waals surface area contributed by atoms with Gasteiger partial charge in [-0.3, -0.25) is 4.72 Å². The van der Waals surface area contributed by atoms with E-state index in [1.165, 1.54) is 0 Å². The molecule has 1 aromatic rings. The monoisotopic (exact) mass is 282 g/mol. The second-order valence-corrected chi connectivity index (χ2v) is 5.50. The number of nitrogens with one attached hydrogen (secondary N) is 1. The van der Waals surface area contributed by atoms with Gasteiger partial charge in [-0.2, -0.15) is 0 Å². The molecule has 0 saturated heterocycles. The SMILES string of the molecule is NCCCCS(=O)(=O)Nc1cc(F)c(F)cc1F. The summed E-state index contributed by atoms with van der Waals surface area (Å²) in [7, 11) is -3.79. The highest BCUT2D eigenvalue weighted by Gasteiger charge is 2.15. The predicted octanol–water partition coefficient (Wildman–Crippen LogP) is 1.58. The molecule has 0 saturated carbocycles. The molecule has 0 aliphatic rings. The third kappa shape index (κ3) is 4.19. The van der Waals surface area contributed by atoms with E-state index in [1.54, 1.807) is 0 Å². The van der Waals surface area contributed by atoms with Crippen molar-refractivity contribution in [1.29, 1.82) is 0 Å². The molecule has 1 rings (SSSR count). The zero-order chi connectivity index (χ0) is 13.8. The lowest BCUT2D eigenvalue weighted by Gasteiger charge is -2.09. The summed E-state index contributed by atoms with van der Waals surface area (Å²) in [5, 5.41) is 0. The maximum atomic E-state index is 13.2. The number of benzene rings is 1.